The fourth-order valence-corrected chi connectivity index (χ4v) is 1.45. The quantitative estimate of drug-likeness (QED) is 0.878. The molecule has 0 saturated carbocycles. The van der Waals surface area contributed by atoms with E-state index in [9.17, 15) is 5.11 Å². The van der Waals surface area contributed by atoms with E-state index in [1.807, 2.05) is 19.9 Å². The molecule has 0 fully saturated rings. The van der Waals surface area contributed by atoms with E-state index in [0.29, 0.717) is 17.5 Å². The SMILES string of the molecule is CCc1noc(COc2cc(C)cc(O)c2)n1. The van der Waals surface area contributed by atoms with Gasteiger partial charge in [-0.05, 0) is 24.6 Å². The maximum Gasteiger partial charge on any atom is 0.264 e. The first-order valence-electron chi connectivity index (χ1n) is 5.42. The lowest BCUT2D eigenvalue weighted by atomic mass is 10.2. The van der Waals surface area contributed by atoms with Crippen molar-refractivity contribution in [3.8, 4) is 11.5 Å². The molecule has 0 atom stereocenters. The highest BCUT2D eigenvalue weighted by molar-refractivity contribution is 5.36. The minimum Gasteiger partial charge on any atom is -0.508 e. The molecule has 17 heavy (non-hydrogen) atoms. The second-order valence-electron chi connectivity index (χ2n) is 3.75. The van der Waals surface area contributed by atoms with Crippen LogP contribution in [0.1, 0.15) is 24.2 Å². The number of hydrogen-bond acceptors (Lipinski definition) is 5. The van der Waals surface area contributed by atoms with Gasteiger partial charge in [0, 0.05) is 12.5 Å². The number of benzene rings is 1. The van der Waals surface area contributed by atoms with Crippen LogP contribution in [0.4, 0.5) is 0 Å². The van der Waals surface area contributed by atoms with Gasteiger partial charge >= 0.3 is 0 Å². The van der Waals surface area contributed by atoms with Crippen LogP contribution in [0.2, 0.25) is 0 Å². The maximum absolute atomic E-state index is 9.40. The smallest absolute Gasteiger partial charge is 0.264 e. The highest BCUT2D eigenvalue weighted by atomic mass is 16.5. The summed E-state index contributed by atoms with van der Waals surface area (Å²) in [4.78, 5) is 4.12. The largest absolute Gasteiger partial charge is 0.508 e. The Morgan fingerprint density at radius 1 is 1.35 bits per heavy atom. The molecule has 0 bridgehead atoms. The number of rotatable bonds is 4. The molecule has 90 valence electrons. The predicted molar refractivity (Wildman–Crippen MR) is 60.9 cm³/mol. The standard InChI is InChI=1S/C12H14N2O3/c1-3-11-13-12(17-14-11)7-16-10-5-8(2)4-9(15)6-10/h4-6,15H,3,7H2,1-2H3. The minimum absolute atomic E-state index is 0.180. The zero-order chi connectivity index (χ0) is 12.3. The van der Waals surface area contributed by atoms with Crippen LogP contribution in [0, 0.1) is 6.92 Å². The Hall–Kier alpha value is -2.04. The number of aryl methyl sites for hydroxylation is 2. The lowest BCUT2D eigenvalue weighted by Gasteiger charge is -2.04. The van der Waals surface area contributed by atoms with Gasteiger partial charge in [0.05, 0.1) is 0 Å². The van der Waals surface area contributed by atoms with Gasteiger partial charge in [0.1, 0.15) is 11.5 Å². The molecule has 0 aliphatic heterocycles. The number of phenolic OH excluding ortho intramolecular Hbond substituents is 1. The third-order valence-electron chi connectivity index (χ3n) is 2.22. The molecule has 1 N–H and O–H groups in total. The molecule has 1 heterocycles. The van der Waals surface area contributed by atoms with E-state index in [1.165, 1.54) is 0 Å². The van der Waals surface area contributed by atoms with Gasteiger partial charge in [-0.3, -0.25) is 0 Å². The molecule has 1 aromatic carbocycles. The van der Waals surface area contributed by atoms with Crippen LogP contribution in [-0.4, -0.2) is 15.2 Å². The van der Waals surface area contributed by atoms with Crippen LogP contribution in [0.15, 0.2) is 22.7 Å². The fourth-order valence-electron chi connectivity index (χ4n) is 1.45. The summed E-state index contributed by atoms with van der Waals surface area (Å²) in [5.41, 5.74) is 0.930. The van der Waals surface area contributed by atoms with Crippen LogP contribution < -0.4 is 4.74 Å². The third kappa shape index (κ3) is 2.96. The van der Waals surface area contributed by atoms with Crippen molar-refractivity contribution in [2.75, 3.05) is 0 Å². The van der Waals surface area contributed by atoms with Gasteiger partial charge in [-0.25, -0.2) is 0 Å². The molecule has 2 rings (SSSR count). The molecule has 1 aromatic heterocycles. The molecule has 0 radical (unpaired) electrons. The number of hydrogen-bond donors (Lipinski definition) is 1. The third-order valence-corrected chi connectivity index (χ3v) is 2.22. The average molecular weight is 234 g/mol. The van der Waals surface area contributed by atoms with Crippen molar-refractivity contribution in [2.45, 2.75) is 26.9 Å². The molecule has 0 spiro atoms. The number of nitrogens with zero attached hydrogens (tertiary/aromatic N) is 2. The van der Waals surface area contributed by atoms with Crippen LogP contribution in [-0.2, 0) is 13.0 Å². The Morgan fingerprint density at radius 2 is 2.18 bits per heavy atom. The average Bonchev–Trinajstić information content (AvgIpc) is 2.73. The Morgan fingerprint density at radius 3 is 2.82 bits per heavy atom. The van der Waals surface area contributed by atoms with Crippen molar-refractivity contribution in [2.24, 2.45) is 0 Å². The van der Waals surface area contributed by atoms with E-state index in [2.05, 4.69) is 10.1 Å². The normalized spacial score (nSPS) is 10.5. The molecule has 5 heteroatoms. The number of aromatic nitrogens is 2. The second-order valence-corrected chi connectivity index (χ2v) is 3.75. The van der Waals surface area contributed by atoms with Gasteiger partial charge in [-0.2, -0.15) is 4.98 Å². The summed E-state index contributed by atoms with van der Waals surface area (Å²) in [5.74, 6) is 1.86. The Kier molecular flexibility index (Phi) is 3.27. The van der Waals surface area contributed by atoms with Crippen molar-refractivity contribution in [1.82, 2.24) is 10.1 Å². The van der Waals surface area contributed by atoms with Crippen molar-refractivity contribution in [1.29, 1.82) is 0 Å². The van der Waals surface area contributed by atoms with Crippen molar-refractivity contribution >= 4 is 0 Å². The molecular formula is C12H14N2O3. The monoisotopic (exact) mass is 234 g/mol. The van der Waals surface area contributed by atoms with Crippen LogP contribution in [0.25, 0.3) is 0 Å². The summed E-state index contributed by atoms with van der Waals surface area (Å²) in [7, 11) is 0. The van der Waals surface area contributed by atoms with Gasteiger partial charge < -0.3 is 14.4 Å². The van der Waals surface area contributed by atoms with E-state index in [0.717, 1.165) is 12.0 Å². The van der Waals surface area contributed by atoms with E-state index in [-0.39, 0.29) is 12.4 Å². The van der Waals surface area contributed by atoms with Gasteiger partial charge in [-0.15, -0.1) is 0 Å². The van der Waals surface area contributed by atoms with Gasteiger partial charge in [0.15, 0.2) is 12.4 Å². The van der Waals surface area contributed by atoms with E-state index in [1.54, 1.807) is 12.1 Å². The summed E-state index contributed by atoms with van der Waals surface area (Å²) < 4.78 is 10.4. The Balaban J connectivity index is 2.01. The molecule has 2 aromatic rings. The number of ether oxygens (including phenoxy) is 1. The molecular weight excluding hydrogens is 220 g/mol. The van der Waals surface area contributed by atoms with Crippen LogP contribution in [0.3, 0.4) is 0 Å². The fraction of sp³-hybridized carbons (Fsp3) is 0.333. The lowest BCUT2D eigenvalue weighted by molar-refractivity contribution is 0.241. The molecule has 0 aliphatic rings. The van der Waals surface area contributed by atoms with E-state index >= 15 is 0 Å². The summed E-state index contributed by atoms with van der Waals surface area (Å²) in [6.45, 7) is 4.04. The Labute approximate surface area is 99.0 Å². The van der Waals surface area contributed by atoms with Gasteiger partial charge in [0.25, 0.3) is 5.89 Å². The first-order chi connectivity index (χ1) is 8.17. The number of phenols is 1. The van der Waals surface area contributed by atoms with Crippen molar-refractivity contribution in [3.05, 3.63) is 35.5 Å². The number of aromatic hydroxyl groups is 1. The summed E-state index contributed by atoms with van der Waals surface area (Å²) >= 11 is 0. The second kappa shape index (κ2) is 4.86. The molecule has 0 unspecified atom stereocenters. The lowest BCUT2D eigenvalue weighted by Crippen LogP contribution is -1.96. The van der Waals surface area contributed by atoms with Crippen LogP contribution >= 0.6 is 0 Å². The summed E-state index contributed by atoms with van der Waals surface area (Å²) in [6.07, 6.45) is 0.731. The van der Waals surface area contributed by atoms with E-state index < -0.39 is 0 Å². The molecule has 5 nitrogen and oxygen atoms in total. The highest BCUT2D eigenvalue weighted by Gasteiger charge is 2.06. The highest BCUT2D eigenvalue weighted by Crippen LogP contribution is 2.21. The summed E-state index contributed by atoms with van der Waals surface area (Å²) in [6, 6.07) is 5.04. The van der Waals surface area contributed by atoms with Crippen molar-refractivity contribution < 1.29 is 14.4 Å². The molecule has 0 aliphatic carbocycles. The van der Waals surface area contributed by atoms with Crippen molar-refractivity contribution in [3.63, 3.8) is 0 Å². The van der Waals surface area contributed by atoms with Gasteiger partial charge in [0.2, 0.25) is 0 Å². The van der Waals surface area contributed by atoms with Gasteiger partial charge in [-0.1, -0.05) is 12.1 Å². The summed E-state index contributed by atoms with van der Waals surface area (Å²) in [5, 5.41) is 13.2. The van der Waals surface area contributed by atoms with E-state index in [4.69, 9.17) is 9.26 Å². The minimum atomic E-state index is 0.180. The first kappa shape index (κ1) is 11.4. The zero-order valence-corrected chi connectivity index (χ0v) is 9.80. The van der Waals surface area contributed by atoms with Crippen LogP contribution in [0.5, 0.6) is 11.5 Å². The maximum atomic E-state index is 9.40. The first-order valence-corrected chi connectivity index (χ1v) is 5.42. The molecule has 0 saturated heterocycles. The Bertz CT molecular complexity index is 488. The zero-order valence-electron chi connectivity index (χ0n) is 9.80. The molecule has 0 amide bonds. The predicted octanol–water partition coefficient (Wildman–Crippen LogP) is 2.23. The topological polar surface area (TPSA) is 68.4 Å².